The number of rotatable bonds is 8. The molecule has 1 fully saturated rings. The maximum absolute atomic E-state index is 11.8. The van der Waals surface area contributed by atoms with Gasteiger partial charge in [-0.1, -0.05) is 0 Å². The van der Waals surface area contributed by atoms with Gasteiger partial charge in [-0.3, -0.25) is 4.79 Å². The number of urea groups is 1. The lowest BCUT2D eigenvalue weighted by atomic mass is 10.3. The highest BCUT2D eigenvalue weighted by molar-refractivity contribution is 5.80. The molecule has 1 aliphatic rings. The lowest BCUT2D eigenvalue weighted by molar-refractivity contribution is -0.137. The van der Waals surface area contributed by atoms with Gasteiger partial charge in [0.25, 0.3) is 0 Å². The van der Waals surface area contributed by atoms with E-state index in [-0.39, 0.29) is 12.6 Å². The van der Waals surface area contributed by atoms with E-state index in [2.05, 4.69) is 5.32 Å². The van der Waals surface area contributed by atoms with Crippen molar-refractivity contribution in [1.82, 2.24) is 15.1 Å². The average molecular weight is 257 g/mol. The molecule has 0 bridgehead atoms. The zero-order chi connectivity index (χ0) is 13.5. The summed E-state index contributed by atoms with van der Waals surface area (Å²) in [7, 11) is 3.96. The van der Waals surface area contributed by atoms with Gasteiger partial charge in [0.2, 0.25) is 0 Å². The van der Waals surface area contributed by atoms with Crippen molar-refractivity contribution in [2.75, 3.05) is 40.3 Å². The molecule has 1 aliphatic carbocycles. The van der Waals surface area contributed by atoms with E-state index in [0.717, 1.165) is 25.8 Å². The van der Waals surface area contributed by atoms with Crippen molar-refractivity contribution < 1.29 is 14.7 Å². The van der Waals surface area contributed by atoms with Crippen molar-refractivity contribution in [2.24, 2.45) is 5.92 Å². The van der Waals surface area contributed by atoms with Crippen molar-refractivity contribution in [1.29, 1.82) is 0 Å². The minimum atomic E-state index is -0.959. The Kier molecular flexibility index (Phi) is 5.91. The second-order valence-corrected chi connectivity index (χ2v) is 5.11. The first kappa shape index (κ1) is 14.8. The van der Waals surface area contributed by atoms with E-state index in [1.165, 1.54) is 4.90 Å². The molecule has 1 rings (SSSR count). The van der Waals surface area contributed by atoms with Gasteiger partial charge < -0.3 is 20.2 Å². The Morgan fingerprint density at radius 1 is 1.33 bits per heavy atom. The molecule has 0 atom stereocenters. The lowest BCUT2D eigenvalue weighted by Gasteiger charge is -2.21. The summed E-state index contributed by atoms with van der Waals surface area (Å²) in [5.74, 6) is -0.462. The van der Waals surface area contributed by atoms with Crippen LogP contribution in [0.2, 0.25) is 0 Å². The van der Waals surface area contributed by atoms with Crippen LogP contribution in [0.25, 0.3) is 0 Å². The maximum atomic E-state index is 11.8. The fourth-order valence-corrected chi connectivity index (χ4v) is 1.70. The van der Waals surface area contributed by atoms with Gasteiger partial charge in [-0.05, 0) is 45.8 Å². The minimum absolute atomic E-state index is 0.212. The van der Waals surface area contributed by atoms with E-state index in [4.69, 9.17) is 5.11 Å². The molecular formula is C12H23N3O3. The molecule has 1 saturated carbocycles. The summed E-state index contributed by atoms with van der Waals surface area (Å²) in [5, 5.41) is 11.6. The average Bonchev–Trinajstić information content (AvgIpc) is 3.06. The Labute approximate surface area is 108 Å². The molecule has 0 heterocycles. The van der Waals surface area contributed by atoms with Crippen LogP contribution in [-0.4, -0.2) is 67.2 Å². The van der Waals surface area contributed by atoms with Gasteiger partial charge in [-0.2, -0.15) is 0 Å². The van der Waals surface area contributed by atoms with E-state index in [0.29, 0.717) is 19.0 Å². The quantitative estimate of drug-likeness (QED) is 0.619. The highest BCUT2D eigenvalue weighted by Gasteiger charge is 2.27. The number of amides is 2. The molecule has 18 heavy (non-hydrogen) atoms. The third kappa shape index (κ3) is 6.44. The Hall–Kier alpha value is -1.30. The topological polar surface area (TPSA) is 72.9 Å². The number of carboxylic acids is 1. The van der Waals surface area contributed by atoms with Crippen molar-refractivity contribution in [3.05, 3.63) is 0 Å². The van der Waals surface area contributed by atoms with Gasteiger partial charge in [-0.25, -0.2) is 4.79 Å². The number of hydrogen-bond donors (Lipinski definition) is 2. The van der Waals surface area contributed by atoms with Crippen LogP contribution in [0.5, 0.6) is 0 Å². The first-order valence-electron chi connectivity index (χ1n) is 6.38. The third-order valence-electron chi connectivity index (χ3n) is 2.85. The number of hydrogen-bond acceptors (Lipinski definition) is 3. The van der Waals surface area contributed by atoms with Crippen LogP contribution in [0.4, 0.5) is 4.79 Å². The Morgan fingerprint density at radius 3 is 2.50 bits per heavy atom. The van der Waals surface area contributed by atoms with E-state index in [1.807, 2.05) is 19.0 Å². The normalized spacial score (nSPS) is 14.6. The Morgan fingerprint density at radius 2 is 2.00 bits per heavy atom. The third-order valence-corrected chi connectivity index (χ3v) is 2.85. The molecule has 0 aliphatic heterocycles. The predicted octanol–water partition coefficient (Wildman–Crippen LogP) is 0.444. The number of nitrogens with one attached hydrogen (secondary N) is 1. The van der Waals surface area contributed by atoms with Crippen LogP contribution in [-0.2, 0) is 4.79 Å². The molecule has 0 aromatic heterocycles. The SMILES string of the molecule is CN(C)CCCNC(=O)N(CC(=O)O)CC1CC1. The summed E-state index contributed by atoms with van der Waals surface area (Å²) >= 11 is 0. The molecule has 6 heteroatoms. The molecule has 2 N–H and O–H groups in total. The number of nitrogens with zero attached hydrogens (tertiary/aromatic N) is 2. The molecule has 0 aromatic rings. The summed E-state index contributed by atoms with van der Waals surface area (Å²) in [4.78, 5) is 26.0. The minimum Gasteiger partial charge on any atom is -0.480 e. The van der Waals surface area contributed by atoms with E-state index in [9.17, 15) is 9.59 Å². The molecule has 104 valence electrons. The summed E-state index contributed by atoms with van der Waals surface area (Å²) in [6, 6.07) is -0.261. The molecule has 6 nitrogen and oxygen atoms in total. The Bertz CT molecular complexity index is 290. The van der Waals surface area contributed by atoms with E-state index < -0.39 is 5.97 Å². The van der Waals surface area contributed by atoms with Crippen molar-refractivity contribution in [3.8, 4) is 0 Å². The monoisotopic (exact) mass is 257 g/mol. The van der Waals surface area contributed by atoms with Crippen LogP contribution in [0.15, 0.2) is 0 Å². The lowest BCUT2D eigenvalue weighted by Crippen LogP contribution is -2.44. The van der Waals surface area contributed by atoms with E-state index in [1.54, 1.807) is 0 Å². The first-order chi connectivity index (χ1) is 8.49. The van der Waals surface area contributed by atoms with Crippen molar-refractivity contribution >= 4 is 12.0 Å². The summed E-state index contributed by atoms with van der Waals surface area (Å²) in [6.07, 6.45) is 3.07. The molecule has 0 radical (unpaired) electrons. The van der Waals surface area contributed by atoms with Crippen molar-refractivity contribution in [2.45, 2.75) is 19.3 Å². The first-order valence-corrected chi connectivity index (χ1v) is 6.38. The molecular weight excluding hydrogens is 234 g/mol. The maximum Gasteiger partial charge on any atom is 0.323 e. The van der Waals surface area contributed by atoms with Gasteiger partial charge in [0.05, 0.1) is 0 Å². The molecule has 0 spiro atoms. The van der Waals surface area contributed by atoms with Gasteiger partial charge in [0, 0.05) is 13.1 Å². The van der Waals surface area contributed by atoms with Crippen LogP contribution < -0.4 is 5.32 Å². The van der Waals surface area contributed by atoms with Gasteiger partial charge in [-0.15, -0.1) is 0 Å². The molecule has 0 unspecified atom stereocenters. The van der Waals surface area contributed by atoms with E-state index >= 15 is 0 Å². The number of carboxylic acid groups (broad SMARTS) is 1. The highest BCUT2D eigenvalue weighted by Crippen LogP contribution is 2.29. The number of carbonyl (C=O) groups excluding carboxylic acids is 1. The van der Waals surface area contributed by atoms with Gasteiger partial charge in [0.1, 0.15) is 6.54 Å². The molecule has 0 saturated heterocycles. The zero-order valence-electron chi connectivity index (χ0n) is 11.2. The second-order valence-electron chi connectivity index (χ2n) is 5.11. The fourth-order valence-electron chi connectivity index (χ4n) is 1.70. The summed E-state index contributed by atoms with van der Waals surface area (Å²) in [5.41, 5.74) is 0. The van der Waals surface area contributed by atoms with Crippen LogP contribution in [0, 0.1) is 5.92 Å². The van der Waals surface area contributed by atoms with Gasteiger partial charge >= 0.3 is 12.0 Å². The zero-order valence-corrected chi connectivity index (χ0v) is 11.2. The van der Waals surface area contributed by atoms with Crippen molar-refractivity contribution in [3.63, 3.8) is 0 Å². The van der Waals surface area contributed by atoms with Crippen LogP contribution in [0.1, 0.15) is 19.3 Å². The Balaban J connectivity index is 2.26. The number of carbonyl (C=O) groups is 2. The van der Waals surface area contributed by atoms with Gasteiger partial charge in [0.15, 0.2) is 0 Å². The highest BCUT2D eigenvalue weighted by atomic mass is 16.4. The fraction of sp³-hybridized carbons (Fsp3) is 0.833. The summed E-state index contributed by atoms with van der Waals surface area (Å²) < 4.78 is 0. The van der Waals surface area contributed by atoms with Crippen LogP contribution >= 0.6 is 0 Å². The summed E-state index contributed by atoms with van der Waals surface area (Å²) in [6.45, 7) is 1.83. The second kappa shape index (κ2) is 7.20. The number of aliphatic carboxylic acids is 1. The van der Waals surface area contributed by atoms with Crippen LogP contribution in [0.3, 0.4) is 0 Å². The molecule has 2 amide bonds. The largest absolute Gasteiger partial charge is 0.480 e. The smallest absolute Gasteiger partial charge is 0.323 e. The standard InChI is InChI=1S/C12H23N3O3/c1-14(2)7-3-6-13-12(18)15(9-11(16)17)8-10-4-5-10/h10H,3-9H2,1-2H3,(H,13,18)(H,16,17). The molecule has 0 aromatic carbocycles. The predicted molar refractivity (Wildman–Crippen MR) is 68.5 cm³/mol.